The molecule has 0 atom stereocenters. The molecule has 4 aromatic rings. The normalized spacial score (nSPS) is 10.6. The van der Waals surface area contributed by atoms with Gasteiger partial charge in [0.2, 0.25) is 5.95 Å². The number of halogens is 1. The van der Waals surface area contributed by atoms with Crippen LogP contribution in [0.1, 0.15) is 32.2 Å². The molecule has 0 aliphatic rings. The first-order valence-corrected chi connectivity index (χ1v) is 9.85. The lowest BCUT2D eigenvalue weighted by Gasteiger charge is -2.05. The van der Waals surface area contributed by atoms with Crippen molar-refractivity contribution in [3.63, 3.8) is 0 Å². The number of carbonyl (C=O) groups is 2. The highest BCUT2D eigenvalue weighted by Crippen LogP contribution is 2.17. The van der Waals surface area contributed by atoms with Gasteiger partial charge >= 0.3 is 5.97 Å². The predicted molar refractivity (Wildman–Crippen MR) is 114 cm³/mol. The van der Waals surface area contributed by atoms with Crippen LogP contribution >= 0.6 is 0 Å². The number of nitrogens with zero attached hydrogens (tertiary/aromatic N) is 3. The van der Waals surface area contributed by atoms with Crippen LogP contribution in [0.25, 0.3) is 0 Å². The van der Waals surface area contributed by atoms with Crippen molar-refractivity contribution in [3.8, 4) is 5.75 Å². The van der Waals surface area contributed by atoms with Crippen molar-refractivity contribution in [1.29, 1.82) is 0 Å². The summed E-state index contributed by atoms with van der Waals surface area (Å²) in [7, 11) is 1.31. The van der Waals surface area contributed by atoms with E-state index in [-0.39, 0.29) is 24.1 Å². The highest BCUT2D eigenvalue weighted by atomic mass is 19.1. The number of hydrogen-bond donors (Lipinski definition) is 1. The Morgan fingerprint density at radius 3 is 2.55 bits per heavy atom. The van der Waals surface area contributed by atoms with Crippen molar-refractivity contribution in [2.75, 3.05) is 12.4 Å². The van der Waals surface area contributed by atoms with Crippen molar-refractivity contribution in [2.45, 2.75) is 13.2 Å². The third-order valence-electron chi connectivity index (χ3n) is 4.56. The number of hydrogen-bond acceptors (Lipinski definition) is 7. The molecule has 168 valence electrons. The van der Waals surface area contributed by atoms with Gasteiger partial charge in [0.25, 0.3) is 5.91 Å². The maximum Gasteiger partial charge on any atom is 0.337 e. The summed E-state index contributed by atoms with van der Waals surface area (Å²) in [6.07, 6.45) is 1.46. The average molecular weight is 450 g/mol. The lowest BCUT2D eigenvalue weighted by Crippen LogP contribution is -2.12. The largest absolute Gasteiger partial charge is 0.486 e. The van der Waals surface area contributed by atoms with Gasteiger partial charge in [0.15, 0.2) is 5.76 Å². The highest BCUT2D eigenvalue weighted by molar-refractivity contribution is 6.01. The molecule has 33 heavy (non-hydrogen) atoms. The first-order valence-electron chi connectivity index (χ1n) is 9.85. The van der Waals surface area contributed by atoms with E-state index in [4.69, 9.17) is 9.15 Å². The van der Waals surface area contributed by atoms with Crippen LogP contribution in [0.3, 0.4) is 0 Å². The average Bonchev–Trinajstić information content (AvgIpc) is 3.48. The Labute approximate surface area is 187 Å². The van der Waals surface area contributed by atoms with Crippen LogP contribution in [0.4, 0.5) is 10.3 Å². The zero-order chi connectivity index (χ0) is 23.2. The molecule has 0 saturated heterocycles. The number of aromatic nitrogens is 3. The van der Waals surface area contributed by atoms with Gasteiger partial charge in [-0.15, -0.1) is 5.10 Å². The fourth-order valence-corrected chi connectivity index (χ4v) is 2.91. The minimum Gasteiger partial charge on any atom is -0.486 e. The Kier molecular flexibility index (Phi) is 6.44. The molecule has 0 unspecified atom stereocenters. The SMILES string of the molecule is COC(=O)c1ccc(OCc2ccc(C(=O)Nc3ncn(Cc4ccc(F)cc4)n3)o2)cc1. The summed E-state index contributed by atoms with van der Waals surface area (Å²) >= 11 is 0. The molecule has 0 spiro atoms. The quantitative estimate of drug-likeness (QED) is 0.408. The Bertz CT molecular complexity index is 1250. The molecule has 0 saturated carbocycles. The fourth-order valence-electron chi connectivity index (χ4n) is 2.91. The monoisotopic (exact) mass is 450 g/mol. The second-order valence-corrected chi connectivity index (χ2v) is 6.92. The molecular formula is C23H19FN4O5. The summed E-state index contributed by atoms with van der Waals surface area (Å²) < 4.78 is 30.3. The Balaban J connectivity index is 1.30. The van der Waals surface area contributed by atoms with E-state index in [2.05, 4.69) is 20.1 Å². The third kappa shape index (κ3) is 5.62. The van der Waals surface area contributed by atoms with E-state index < -0.39 is 11.9 Å². The molecule has 0 aliphatic carbocycles. The van der Waals surface area contributed by atoms with E-state index in [9.17, 15) is 14.0 Å². The summed E-state index contributed by atoms with van der Waals surface area (Å²) in [5, 5.41) is 6.75. The smallest absolute Gasteiger partial charge is 0.337 e. The van der Waals surface area contributed by atoms with Gasteiger partial charge < -0.3 is 13.9 Å². The number of benzene rings is 2. The van der Waals surface area contributed by atoms with Crippen molar-refractivity contribution in [2.24, 2.45) is 0 Å². The number of esters is 1. The molecule has 10 heteroatoms. The van der Waals surface area contributed by atoms with E-state index in [1.807, 2.05) is 0 Å². The van der Waals surface area contributed by atoms with Crippen LogP contribution in [-0.4, -0.2) is 33.8 Å². The Morgan fingerprint density at radius 2 is 1.82 bits per heavy atom. The number of carbonyl (C=O) groups excluding carboxylic acids is 2. The van der Waals surface area contributed by atoms with Crippen molar-refractivity contribution in [3.05, 3.63) is 95.5 Å². The molecule has 0 aliphatic heterocycles. The van der Waals surface area contributed by atoms with Crippen LogP contribution in [0.5, 0.6) is 5.75 Å². The number of rotatable bonds is 8. The molecule has 4 rings (SSSR count). The topological polar surface area (TPSA) is 108 Å². The maximum absolute atomic E-state index is 13.0. The molecule has 0 radical (unpaired) electrons. The van der Waals surface area contributed by atoms with Gasteiger partial charge in [-0.3, -0.25) is 10.1 Å². The van der Waals surface area contributed by atoms with E-state index in [0.717, 1.165) is 5.56 Å². The molecule has 2 heterocycles. The summed E-state index contributed by atoms with van der Waals surface area (Å²) in [5.41, 5.74) is 1.25. The third-order valence-corrected chi connectivity index (χ3v) is 4.56. The van der Waals surface area contributed by atoms with Gasteiger partial charge in [-0.25, -0.2) is 18.9 Å². The Hall–Kier alpha value is -4.47. The fraction of sp³-hybridized carbons (Fsp3) is 0.130. The molecule has 2 aromatic carbocycles. The number of nitrogens with one attached hydrogen (secondary N) is 1. The van der Waals surface area contributed by atoms with Gasteiger partial charge in [0, 0.05) is 0 Å². The summed E-state index contributed by atoms with van der Waals surface area (Å²) in [4.78, 5) is 27.9. The molecular weight excluding hydrogens is 431 g/mol. The van der Waals surface area contributed by atoms with Crippen LogP contribution in [0.15, 0.2) is 71.4 Å². The van der Waals surface area contributed by atoms with Crippen molar-refractivity contribution in [1.82, 2.24) is 14.8 Å². The van der Waals surface area contributed by atoms with Gasteiger partial charge in [-0.1, -0.05) is 12.1 Å². The van der Waals surface area contributed by atoms with Crippen molar-refractivity contribution >= 4 is 17.8 Å². The van der Waals surface area contributed by atoms with Gasteiger partial charge in [0.1, 0.15) is 30.3 Å². The lowest BCUT2D eigenvalue weighted by atomic mass is 10.2. The first kappa shape index (κ1) is 21.8. The predicted octanol–water partition coefficient (Wildman–Crippen LogP) is 3.68. The number of ether oxygens (including phenoxy) is 2. The van der Waals surface area contributed by atoms with E-state index in [0.29, 0.717) is 23.6 Å². The van der Waals surface area contributed by atoms with Crippen LogP contribution in [-0.2, 0) is 17.9 Å². The molecule has 9 nitrogen and oxygen atoms in total. The zero-order valence-electron chi connectivity index (χ0n) is 17.5. The van der Waals surface area contributed by atoms with Crippen LogP contribution < -0.4 is 10.1 Å². The number of methoxy groups -OCH3 is 1. The van der Waals surface area contributed by atoms with Gasteiger partial charge in [0.05, 0.1) is 19.2 Å². The van der Waals surface area contributed by atoms with E-state index >= 15 is 0 Å². The maximum atomic E-state index is 13.0. The lowest BCUT2D eigenvalue weighted by molar-refractivity contribution is 0.0600. The van der Waals surface area contributed by atoms with Gasteiger partial charge in [-0.05, 0) is 54.1 Å². The molecule has 2 aromatic heterocycles. The number of furan rings is 1. The molecule has 0 bridgehead atoms. The first-order chi connectivity index (χ1) is 16.0. The molecule has 0 fully saturated rings. The van der Waals surface area contributed by atoms with Crippen LogP contribution in [0.2, 0.25) is 0 Å². The standard InChI is InChI=1S/C23H19FN4O5/c1-31-22(30)16-4-8-18(9-5-16)32-13-19-10-11-20(33-19)21(29)26-23-25-14-28(27-23)12-15-2-6-17(24)7-3-15/h2-11,14H,12-13H2,1H3,(H,26,27,29). The van der Waals surface area contributed by atoms with Crippen LogP contribution in [0, 0.1) is 5.82 Å². The second kappa shape index (κ2) is 9.77. The summed E-state index contributed by atoms with van der Waals surface area (Å²) in [5.74, 6) is -0.106. The summed E-state index contributed by atoms with van der Waals surface area (Å²) in [6, 6.07) is 15.6. The second-order valence-electron chi connectivity index (χ2n) is 6.92. The number of amides is 1. The highest BCUT2D eigenvalue weighted by Gasteiger charge is 2.14. The van der Waals surface area contributed by atoms with E-state index in [1.165, 1.54) is 36.3 Å². The van der Waals surface area contributed by atoms with Crippen molar-refractivity contribution < 1.29 is 27.9 Å². The molecule has 1 N–H and O–H groups in total. The number of anilines is 1. The molecule has 1 amide bonds. The summed E-state index contributed by atoms with van der Waals surface area (Å²) in [6.45, 7) is 0.474. The Morgan fingerprint density at radius 1 is 1.06 bits per heavy atom. The van der Waals surface area contributed by atoms with Gasteiger partial charge in [-0.2, -0.15) is 0 Å². The van der Waals surface area contributed by atoms with E-state index in [1.54, 1.807) is 42.5 Å². The minimum absolute atomic E-state index is 0.0736. The zero-order valence-corrected chi connectivity index (χ0v) is 17.5. The minimum atomic E-state index is -0.511.